The molecule has 0 saturated heterocycles. The van der Waals surface area contributed by atoms with E-state index >= 15 is 0 Å². The first kappa shape index (κ1) is 12.8. The number of carbonyl (C=O) groups excluding carboxylic acids is 1. The van der Waals surface area contributed by atoms with Gasteiger partial charge in [-0.3, -0.25) is 4.79 Å². The van der Waals surface area contributed by atoms with E-state index in [1.165, 1.54) is 0 Å². The minimum Gasteiger partial charge on any atom is -0.399 e. The van der Waals surface area contributed by atoms with Crippen molar-refractivity contribution in [2.75, 3.05) is 11.1 Å². The van der Waals surface area contributed by atoms with Gasteiger partial charge in [0, 0.05) is 12.1 Å². The summed E-state index contributed by atoms with van der Waals surface area (Å²) in [6.45, 7) is 4.10. The Hall–Kier alpha value is -1.22. The molecule has 0 aliphatic heterocycles. The first-order chi connectivity index (χ1) is 7.52. The lowest BCUT2D eigenvalue weighted by Gasteiger charge is -2.10. The van der Waals surface area contributed by atoms with Gasteiger partial charge in [0.15, 0.2) is 0 Å². The molecule has 3 N–H and O–H groups in total. The van der Waals surface area contributed by atoms with E-state index in [2.05, 4.69) is 12.2 Å². The maximum Gasteiger partial charge on any atom is 0.224 e. The smallest absolute Gasteiger partial charge is 0.224 e. The molecule has 88 valence electrons. The van der Waals surface area contributed by atoms with Gasteiger partial charge in [0.1, 0.15) is 0 Å². The van der Waals surface area contributed by atoms with E-state index in [0.29, 0.717) is 28.7 Å². The molecule has 0 fully saturated rings. The van der Waals surface area contributed by atoms with E-state index in [9.17, 15) is 4.79 Å². The molecule has 1 aromatic carbocycles. The summed E-state index contributed by atoms with van der Waals surface area (Å²) in [7, 11) is 0. The van der Waals surface area contributed by atoms with Crippen LogP contribution in [-0.2, 0) is 4.79 Å². The highest BCUT2D eigenvalue weighted by Gasteiger charge is 2.09. The van der Waals surface area contributed by atoms with Crippen molar-refractivity contribution in [1.29, 1.82) is 0 Å². The van der Waals surface area contributed by atoms with Crippen LogP contribution in [0, 0.1) is 5.92 Å². The lowest BCUT2D eigenvalue weighted by molar-refractivity contribution is -0.117. The zero-order valence-electron chi connectivity index (χ0n) is 9.59. The van der Waals surface area contributed by atoms with Crippen molar-refractivity contribution >= 4 is 28.9 Å². The van der Waals surface area contributed by atoms with Crippen molar-refractivity contribution in [2.24, 2.45) is 5.92 Å². The van der Waals surface area contributed by atoms with E-state index in [-0.39, 0.29) is 5.91 Å². The second-order valence-electron chi connectivity index (χ2n) is 4.01. The summed E-state index contributed by atoms with van der Waals surface area (Å²) < 4.78 is 0. The Labute approximate surface area is 101 Å². The topological polar surface area (TPSA) is 55.1 Å². The van der Waals surface area contributed by atoms with Crippen LogP contribution in [0.2, 0.25) is 5.02 Å². The molecule has 0 spiro atoms. The summed E-state index contributed by atoms with van der Waals surface area (Å²) in [5.41, 5.74) is 6.79. The van der Waals surface area contributed by atoms with Gasteiger partial charge in [0.05, 0.1) is 10.7 Å². The molecule has 4 heteroatoms. The Balaban J connectivity index is 2.65. The largest absolute Gasteiger partial charge is 0.399 e. The molecule has 0 heterocycles. The van der Waals surface area contributed by atoms with E-state index in [1.54, 1.807) is 18.2 Å². The second kappa shape index (κ2) is 5.75. The quantitative estimate of drug-likeness (QED) is 0.794. The summed E-state index contributed by atoms with van der Waals surface area (Å²) in [5.74, 6) is 0.349. The number of rotatable bonds is 4. The molecule has 16 heavy (non-hydrogen) atoms. The molecule has 1 atom stereocenters. The first-order valence-corrected chi connectivity index (χ1v) is 5.75. The number of benzene rings is 1. The van der Waals surface area contributed by atoms with Gasteiger partial charge in [-0.25, -0.2) is 0 Å². The lowest BCUT2D eigenvalue weighted by Crippen LogP contribution is -2.15. The highest BCUT2D eigenvalue weighted by molar-refractivity contribution is 6.33. The van der Waals surface area contributed by atoms with Crippen molar-refractivity contribution < 1.29 is 4.79 Å². The van der Waals surface area contributed by atoms with Gasteiger partial charge >= 0.3 is 0 Å². The maximum atomic E-state index is 11.6. The Bertz CT molecular complexity index is 379. The SMILES string of the molecule is CCC(C)CC(=O)Nc1cc(N)ccc1Cl. The minimum absolute atomic E-state index is 0.0261. The average molecular weight is 241 g/mol. The third-order valence-electron chi connectivity index (χ3n) is 2.50. The van der Waals surface area contributed by atoms with Crippen LogP contribution in [0.4, 0.5) is 11.4 Å². The van der Waals surface area contributed by atoms with E-state index in [4.69, 9.17) is 17.3 Å². The molecule has 3 nitrogen and oxygen atoms in total. The minimum atomic E-state index is -0.0261. The van der Waals surface area contributed by atoms with Crippen LogP contribution in [0.1, 0.15) is 26.7 Å². The van der Waals surface area contributed by atoms with Gasteiger partial charge in [0.25, 0.3) is 0 Å². The van der Waals surface area contributed by atoms with E-state index in [0.717, 1.165) is 6.42 Å². The molecule has 0 aliphatic carbocycles. The fourth-order valence-corrected chi connectivity index (χ4v) is 1.47. The number of hydrogen-bond acceptors (Lipinski definition) is 2. The molecular formula is C12H17ClN2O. The first-order valence-electron chi connectivity index (χ1n) is 5.37. The molecule has 1 rings (SSSR count). The Morgan fingerprint density at radius 3 is 2.88 bits per heavy atom. The van der Waals surface area contributed by atoms with Crippen LogP contribution in [0.3, 0.4) is 0 Å². The number of anilines is 2. The van der Waals surface area contributed by atoms with E-state index in [1.807, 2.05) is 6.92 Å². The number of nitrogen functional groups attached to an aromatic ring is 1. The monoisotopic (exact) mass is 240 g/mol. The van der Waals surface area contributed by atoms with Crippen LogP contribution in [0.25, 0.3) is 0 Å². The van der Waals surface area contributed by atoms with Crippen molar-refractivity contribution in [1.82, 2.24) is 0 Å². The Morgan fingerprint density at radius 2 is 2.25 bits per heavy atom. The standard InChI is InChI=1S/C12H17ClN2O/c1-3-8(2)6-12(16)15-11-7-9(14)4-5-10(11)13/h4-5,7-8H,3,6,14H2,1-2H3,(H,15,16). The molecule has 0 saturated carbocycles. The molecule has 0 aromatic heterocycles. The molecule has 0 radical (unpaired) electrons. The predicted octanol–water partition coefficient (Wildman–Crippen LogP) is 3.30. The highest BCUT2D eigenvalue weighted by atomic mass is 35.5. The Kier molecular flexibility index (Phi) is 4.62. The predicted molar refractivity (Wildman–Crippen MR) is 68.6 cm³/mol. The molecule has 1 unspecified atom stereocenters. The third-order valence-corrected chi connectivity index (χ3v) is 2.82. The van der Waals surface area contributed by atoms with Crippen molar-refractivity contribution in [3.63, 3.8) is 0 Å². The highest BCUT2D eigenvalue weighted by Crippen LogP contribution is 2.24. The second-order valence-corrected chi connectivity index (χ2v) is 4.41. The van der Waals surface area contributed by atoms with Crippen LogP contribution in [-0.4, -0.2) is 5.91 Å². The zero-order valence-corrected chi connectivity index (χ0v) is 10.3. The van der Waals surface area contributed by atoms with Gasteiger partial charge in [0.2, 0.25) is 5.91 Å². The summed E-state index contributed by atoms with van der Waals surface area (Å²) in [4.78, 5) is 11.6. The zero-order chi connectivity index (χ0) is 12.1. The molecule has 1 amide bonds. The third kappa shape index (κ3) is 3.74. The Morgan fingerprint density at radius 1 is 1.56 bits per heavy atom. The molecular weight excluding hydrogens is 224 g/mol. The van der Waals surface area contributed by atoms with Crippen molar-refractivity contribution in [3.05, 3.63) is 23.2 Å². The average Bonchev–Trinajstić information content (AvgIpc) is 2.23. The van der Waals surface area contributed by atoms with Crippen molar-refractivity contribution in [2.45, 2.75) is 26.7 Å². The van der Waals surface area contributed by atoms with Crippen LogP contribution >= 0.6 is 11.6 Å². The molecule has 1 aromatic rings. The van der Waals surface area contributed by atoms with Crippen LogP contribution < -0.4 is 11.1 Å². The summed E-state index contributed by atoms with van der Waals surface area (Å²) in [5, 5.41) is 3.27. The molecule has 0 aliphatic rings. The lowest BCUT2D eigenvalue weighted by atomic mass is 10.1. The van der Waals surface area contributed by atoms with Crippen LogP contribution in [0.5, 0.6) is 0 Å². The van der Waals surface area contributed by atoms with Crippen molar-refractivity contribution in [3.8, 4) is 0 Å². The number of halogens is 1. The fraction of sp³-hybridized carbons (Fsp3) is 0.417. The van der Waals surface area contributed by atoms with Gasteiger partial charge in [-0.15, -0.1) is 0 Å². The van der Waals surface area contributed by atoms with Gasteiger partial charge in [-0.1, -0.05) is 31.9 Å². The summed E-state index contributed by atoms with van der Waals surface area (Å²) >= 11 is 5.94. The van der Waals surface area contributed by atoms with Gasteiger partial charge < -0.3 is 11.1 Å². The fourth-order valence-electron chi connectivity index (χ4n) is 1.30. The number of nitrogens with two attached hydrogens (primary N) is 1. The number of nitrogens with one attached hydrogen (secondary N) is 1. The number of amides is 1. The van der Waals surface area contributed by atoms with E-state index < -0.39 is 0 Å². The van der Waals surface area contributed by atoms with Crippen LogP contribution in [0.15, 0.2) is 18.2 Å². The molecule has 0 bridgehead atoms. The summed E-state index contributed by atoms with van der Waals surface area (Å²) in [6, 6.07) is 5.04. The summed E-state index contributed by atoms with van der Waals surface area (Å²) in [6.07, 6.45) is 1.49. The maximum absolute atomic E-state index is 11.6. The van der Waals surface area contributed by atoms with Gasteiger partial charge in [-0.2, -0.15) is 0 Å². The number of hydrogen-bond donors (Lipinski definition) is 2. The number of carbonyl (C=O) groups is 1. The van der Waals surface area contributed by atoms with Gasteiger partial charge in [-0.05, 0) is 24.1 Å². The normalized spacial score (nSPS) is 12.2.